The second-order valence-electron chi connectivity index (χ2n) is 9.68. The molecule has 0 saturated carbocycles. The van der Waals surface area contributed by atoms with Gasteiger partial charge in [-0.15, -0.1) is 16.4 Å². The molecule has 1 aliphatic rings. The Balaban J connectivity index is 0.000000325. The molecule has 22 heteroatoms. The first kappa shape index (κ1) is 40.3. The fourth-order valence-electron chi connectivity index (χ4n) is 3.86. The minimum Gasteiger partial charge on any atom is -0.475 e. The number of carboxylic acid groups (broad SMARTS) is 3. The molecule has 3 N–H and O–H groups in total. The summed E-state index contributed by atoms with van der Waals surface area (Å²) in [6.45, 7) is 4.09. The quantitative estimate of drug-likeness (QED) is 0.236. The van der Waals surface area contributed by atoms with Crippen LogP contribution in [-0.2, 0) is 20.9 Å². The lowest BCUT2D eigenvalue weighted by atomic mass is 10.1. The Bertz CT molecular complexity index is 1610. The Morgan fingerprint density at radius 1 is 0.816 bits per heavy atom. The van der Waals surface area contributed by atoms with Crippen molar-refractivity contribution in [1.29, 1.82) is 0 Å². The standard InChI is InChI=1S/C21H22N6S.3C2HF3O2/c1-25-10-11-26(14-18-3-2-12-28-18)15-20(25)21-19-5-4-17(13-27(19)24-23-21)16-6-8-22-9-7-16;3*3-2(4,5)1(6)7/h2-9,12-13,20H,10-11,14-15H2,1H3;3*(H,6,7). The van der Waals surface area contributed by atoms with Crippen LogP contribution in [0.4, 0.5) is 39.5 Å². The van der Waals surface area contributed by atoms with Crippen LogP contribution in [0, 0.1) is 0 Å². The topological polar surface area (TPSA) is 161 Å². The van der Waals surface area contributed by atoms with Crippen molar-refractivity contribution in [3.05, 3.63) is 70.9 Å². The molecule has 1 atom stereocenters. The molecule has 0 spiro atoms. The van der Waals surface area contributed by atoms with E-state index in [0.29, 0.717) is 0 Å². The number of piperazine rings is 1. The normalized spacial score (nSPS) is 15.5. The van der Waals surface area contributed by atoms with Gasteiger partial charge in [-0.2, -0.15) is 39.5 Å². The predicted octanol–water partition coefficient (Wildman–Crippen LogP) is 5.24. The molecule has 268 valence electrons. The molecule has 5 heterocycles. The number of nitrogens with zero attached hydrogens (tertiary/aromatic N) is 6. The number of pyridine rings is 2. The zero-order chi connectivity index (χ0) is 37.2. The van der Waals surface area contributed by atoms with Crippen molar-refractivity contribution in [3.63, 3.8) is 0 Å². The maximum Gasteiger partial charge on any atom is 0.490 e. The van der Waals surface area contributed by atoms with E-state index in [1.165, 1.54) is 4.88 Å². The molecule has 4 aromatic heterocycles. The third-order valence-electron chi connectivity index (χ3n) is 6.19. The van der Waals surface area contributed by atoms with E-state index in [0.717, 1.165) is 48.5 Å². The van der Waals surface area contributed by atoms with E-state index < -0.39 is 36.4 Å². The number of alkyl halides is 9. The van der Waals surface area contributed by atoms with Gasteiger partial charge in [0.05, 0.1) is 11.6 Å². The number of aliphatic carboxylic acids is 3. The van der Waals surface area contributed by atoms with Crippen LogP contribution in [0.1, 0.15) is 16.6 Å². The second kappa shape index (κ2) is 17.0. The van der Waals surface area contributed by atoms with Crippen molar-refractivity contribution in [2.75, 3.05) is 26.7 Å². The molecular formula is C27H25F9N6O6S. The van der Waals surface area contributed by atoms with Crippen LogP contribution >= 0.6 is 11.3 Å². The fraction of sp³-hybridized carbons (Fsp3) is 0.333. The summed E-state index contributed by atoms with van der Waals surface area (Å²) < 4.78 is 97.1. The van der Waals surface area contributed by atoms with Crippen LogP contribution < -0.4 is 0 Å². The van der Waals surface area contributed by atoms with E-state index in [1.807, 2.05) is 46.6 Å². The van der Waals surface area contributed by atoms with Crippen molar-refractivity contribution >= 4 is 34.8 Å². The number of likely N-dealkylation sites (N-methyl/N-ethyl adjacent to an activating group) is 1. The largest absolute Gasteiger partial charge is 0.490 e. The lowest BCUT2D eigenvalue weighted by Crippen LogP contribution is -2.46. The first-order valence-electron chi connectivity index (χ1n) is 13.2. The maximum atomic E-state index is 10.6. The van der Waals surface area contributed by atoms with Crippen molar-refractivity contribution < 1.29 is 69.2 Å². The van der Waals surface area contributed by atoms with Crippen molar-refractivity contribution in [1.82, 2.24) is 29.6 Å². The van der Waals surface area contributed by atoms with Crippen molar-refractivity contribution in [3.8, 4) is 11.1 Å². The minimum absolute atomic E-state index is 0.248. The number of hydrogen-bond donors (Lipinski definition) is 3. The molecule has 0 aromatic carbocycles. The Morgan fingerprint density at radius 3 is 1.82 bits per heavy atom. The zero-order valence-corrected chi connectivity index (χ0v) is 25.6. The third kappa shape index (κ3) is 12.9. The molecule has 49 heavy (non-hydrogen) atoms. The van der Waals surface area contributed by atoms with Crippen LogP contribution in [0.5, 0.6) is 0 Å². The van der Waals surface area contributed by atoms with Crippen LogP contribution in [0.25, 0.3) is 16.6 Å². The van der Waals surface area contributed by atoms with E-state index in [4.69, 9.17) is 29.7 Å². The summed E-state index contributed by atoms with van der Waals surface area (Å²) in [4.78, 5) is 37.1. The second-order valence-corrected chi connectivity index (χ2v) is 10.7. The lowest BCUT2D eigenvalue weighted by Gasteiger charge is -2.38. The SMILES string of the molecule is CN1CCN(Cc2cccs2)CC1c1nnn2cc(-c3ccncc3)ccc12.O=C(O)C(F)(F)F.O=C(O)C(F)(F)F.O=C(O)C(F)(F)F. The molecule has 0 aliphatic carbocycles. The lowest BCUT2D eigenvalue weighted by molar-refractivity contribution is -0.193. The van der Waals surface area contributed by atoms with Gasteiger partial charge >= 0.3 is 36.4 Å². The highest BCUT2D eigenvalue weighted by molar-refractivity contribution is 7.09. The van der Waals surface area contributed by atoms with Crippen LogP contribution in [0.3, 0.4) is 0 Å². The highest BCUT2D eigenvalue weighted by Gasteiger charge is 2.39. The van der Waals surface area contributed by atoms with Gasteiger partial charge in [-0.05, 0) is 42.3 Å². The Hall–Kier alpha value is -4.83. The summed E-state index contributed by atoms with van der Waals surface area (Å²) in [6.07, 6.45) is -9.58. The van der Waals surface area contributed by atoms with Gasteiger partial charge in [-0.25, -0.2) is 18.9 Å². The number of hydrogen-bond acceptors (Lipinski definition) is 9. The fourth-order valence-corrected chi connectivity index (χ4v) is 4.60. The summed E-state index contributed by atoms with van der Waals surface area (Å²) in [5.74, 6) is -8.27. The summed E-state index contributed by atoms with van der Waals surface area (Å²) >= 11 is 1.83. The molecule has 1 aliphatic heterocycles. The number of fused-ring (bicyclic) bond motifs is 1. The summed E-state index contributed by atoms with van der Waals surface area (Å²) in [5.41, 5.74) is 4.38. The third-order valence-corrected chi connectivity index (χ3v) is 7.05. The zero-order valence-electron chi connectivity index (χ0n) is 24.7. The number of aromatic nitrogens is 4. The van der Waals surface area contributed by atoms with Gasteiger partial charge in [0.15, 0.2) is 0 Å². The molecule has 1 unspecified atom stereocenters. The highest BCUT2D eigenvalue weighted by Crippen LogP contribution is 2.28. The van der Waals surface area contributed by atoms with Crippen LogP contribution in [0.15, 0.2) is 60.4 Å². The molecular weight excluding hydrogens is 707 g/mol. The molecule has 12 nitrogen and oxygen atoms in total. The summed E-state index contributed by atoms with van der Waals surface area (Å²) in [7, 11) is 2.18. The number of thiophene rings is 1. The number of carbonyl (C=O) groups is 3. The monoisotopic (exact) mass is 732 g/mol. The Morgan fingerprint density at radius 2 is 1.35 bits per heavy atom. The molecule has 0 amide bonds. The highest BCUT2D eigenvalue weighted by atomic mass is 32.1. The summed E-state index contributed by atoms with van der Waals surface area (Å²) in [5, 5.41) is 32.5. The molecule has 1 fully saturated rings. The number of halogens is 9. The first-order chi connectivity index (χ1) is 22.6. The molecule has 0 radical (unpaired) electrons. The average Bonchev–Trinajstić information content (AvgIpc) is 3.68. The minimum atomic E-state index is -5.08. The van der Waals surface area contributed by atoms with Gasteiger partial charge in [0.1, 0.15) is 5.69 Å². The van der Waals surface area contributed by atoms with E-state index in [-0.39, 0.29) is 6.04 Å². The van der Waals surface area contributed by atoms with Crippen LogP contribution in [-0.4, -0.2) is 108 Å². The van der Waals surface area contributed by atoms with E-state index in [2.05, 4.69) is 61.8 Å². The summed E-state index contributed by atoms with van der Waals surface area (Å²) in [6, 6.07) is 12.9. The Labute approximate surface area is 273 Å². The molecule has 1 saturated heterocycles. The number of rotatable bonds is 4. The van der Waals surface area contributed by atoms with Gasteiger partial charge in [-0.3, -0.25) is 14.8 Å². The maximum absolute atomic E-state index is 10.6. The van der Waals surface area contributed by atoms with Gasteiger partial charge in [0, 0.05) is 55.2 Å². The van der Waals surface area contributed by atoms with Crippen molar-refractivity contribution in [2.45, 2.75) is 31.1 Å². The molecule has 4 aromatic rings. The molecule has 0 bridgehead atoms. The molecule has 5 rings (SSSR count). The van der Waals surface area contributed by atoms with Gasteiger partial charge in [-0.1, -0.05) is 17.3 Å². The van der Waals surface area contributed by atoms with Gasteiger partial charge in [0.25, 0.3) is 0 Å². The Kier molecular flexibility index (Phi) is 14.0. The smallest absolute Gasteiger partial charge is 0.475 e. The van der Waals surface area contributed by atoms with Gasteiger partial charge in [0.2, 0.25) is 0 Å². The van der Waals surface area contributed by atoms with E-state index in [9.17, 15) is 39.5 Å². The van der Waals surface area contributed by atoms with Crippen LogP contribution in [0.2, 0.25) is 0 Å². The first-order valence-corrected chi connectivity index (χ1v) is 14.1. The van der Waals surface area contributed by atoms with Crippen molar-refractivity contribution in [2.24, 2.45) is 0 Å². The van der Waals surface area contributed by atoms with E-state index in [1.54, 1.807) is 0 Å². The number of carboxylic acids is 3. The van der Waals surface area contributed by atoms with Gasteiger partial charge < -0.3 is 15.3 Å². The predicted molar refractivity (Wildman–Crippen MR) is 152 cm³/mol. The average molecular weight is 733 g/mol. The van der Waals surface area contributed by atoms with E-state index >= 15 is 0 Å².